The molecule has 0 radical (unpaired) electrons. The molecule has 0 aromatic heterocycles. The second-order valence-corrected chi connectivity index (χ2v) is 6.11. The van der Waals surface area contributed by atoms with Gasteiger partial charge >= 0.3 is 0 Å². The fraction of sp³-hybridized carbons (Fsp3) is 0.235. The van der Waals surface area contributed by atoms with E-state index in [1.165, 1.54) is 12.1 Å². The Morgan fingerprint density at radius 3 is 2.75 bits per heavy atom. The fourth-order valence-electron chi connectivity index (χ4n) is 2.34. The molecule has 0 atom stereocenters. The number of benzene rings is 2. The molecule has 1 amide bonds. The molecule has 4 nitrogen and oxygen atoms in total. The molecule has 2 aromatic rings. The van der Waals surface area contributed by atoms with Crippen molar-refractivity contribution in [3.8, 4) is 11.5 Å². The second-order valence-electron chi connectivity index (χ2n) is 5.26. The normalized spacial score (nSPS) is 13.3. The van der Waals surface area contributed by atoms with Crippen molar-refractivity contribution in [3.63, 3.8) is 0 Å². The van der Waals surface area contributed by atoms with E-state index in [0.29, 0.717) is 29.7 Å². The predicted octanol–water partition coefficient (Wildman–Crippen LogP) is 4.22. The molecule has 1 aliphatic heterocycles. The third-order valence-corrected chi connectivity index (χ3v) is 4.01. The highest BCUT2D eigenvalue weighted by atomic mass is 35.5. The van der Waals surface area contributed by atoms with E-state index in [-0.39, 0.29) is 17.1 Å². The van der Waals surface area contributed by atoms with Crippen LogP contribution in [-0.4, -0.2) is 19.1 Å². The molecule has 0 fully saturated rings. The SMILES string of the molecule is O=C(NCc1cc(Cl)c2c(c1)OCCCO2)c1ccc(Cl)cc1F. The van der Waals surface area contributed by atoms with Gasteiger partial charge in [-0.1, -0.05) is 23.2 Å². The van der Waals surface area contributed by atoms with Gasteiger partial charge in [0.05, 0.1) is 23.8 Å². The number of amides is 1. The minimum Gasteiger partial charge on any atom is -0.489 e. The maximum absolute atomic E-state index is 13.8. The van der Waals surface area contributed by atoms with Gasteiger partial charge in [0.15, 0.2) is 11.5 Å². The van der Waals surface area contributed by atoms with Crippen LogP contribution in [0.1, 0.15) is 22.3 Å². The van der Waals surface area contributed by atoms with Gasteiger partial charge in [0.1, 0.15) is 5.82 Å². The lowest BCUT2D eigenvalue weighted by molar-refractivity contribution is 0.0947. The molecule has 7 heteroatoms. The predicted molar refractivity (Wildman–Crippen MR) is 89.6 cm³/mol. The van der Waals surface area contributed by atoms with E-state index in [1.807, 2.05) is 0 Å². The molecule has 0 aliphatic carbocycles. The van der Waals surface area contributed by atoms with Gasteiger partial charge in [-0.25, -0.2) is 4.39 Å². The Bertz CT molecular complexity index is 783. The summed E-state index contributed by atoms with van der Waals surface area (Å²) < 4.78 is 24.9. The van der Waals surface area contributed by atoms with Crippen molar-refractivity contribution in [1.29, 1.82) is 0 Å². The molecule has 0 saturated heterocycles. The molecule has 126 valence electrons. The van der Waals surface area contributed by atoms with E-state index in [1.54, 1.807) is 12.1 Å². The highest BCUT2D eigenvalue weighted by Crippen LogP contribution is 2.37. The van der Waals surface area contributed by atoms with Crippen LogP contribution in [-0.2, 0) is 6.54 Å². The van der Waals surface area contributed by atoms with Crippen molar-refractivity contribution in [3.05, 3.63) is 57.3 Å². The van der Waals surface area contributed by atoms with Crippen molar-refractivity contribution in [2.24, 2.45) is 0 Å². The number of rotatable bonds is 3. The minimum atomic E-state index is -0.670. The van der Waals surface area contributed by atoms with Crippen LogP contribution in [0.15, 0.2) is 30.3 Å². The van der Waals surface area contributed by atoms with Gasteiger partial charge in [-0.2, -0.15) is 0 Å². The summed E-state index contributed by atoms with van der Waals surface area (Å²) in [6.45, 7) is 1.25. The van der Waals surface area contributed by atoms with E-state index < -0.39 is 11.7 Å². The molecule has 0 unspecified atom stereocenters. The number of fused-ring (bicyclic) bond motifs is 1. The Hall–Kier alpha value is -1.98. The quantitative estimate of drug-likeness (QED) is 0.880. The van der Waals surface area contributed by atoms with Crippen LogP contribution in [0.5, 0.6) is 11.5 Å². The van der Waals surface area contributed by atoms with Gasteiger partial charge in [0.25, 0.3) is 5.91 Å². The third kappa shape index (κ3) is 3.74. The van der Waals surface area contributed by atoms with Gasteiger partial charge < -0.3 is 14.8 Å². The Balaban J connectivity index is 1.73. The first-order chi connectivity index (χ1) is 11.5. The van der Waals surface area contributed by atoms with E-state index >= 15 is 0 Å². The van der Waals surface area contributed by atoms with Crippen molar-refractivity contribution in [1.82, 2.24) is 5.32 Å². The highest BCUT2D eigenvalue weighted by molar-refractivity contribution is 6.32. The summed E-state index contributed by atoms with van der Waals surface area (Å²) in [5.41, 5.74) is 0.659. The van der Waals surface area contributed by atoms with E-state index in [2.05, 4.69) is 5.32 Å². The lowest BCUT2D eigenvalue weighted by Crippen LogP contribution is -2.23. The number of ether oxygens (including phenoxy) is 2. The molecule has 24 heavy (non-hydrogen) atoms. The van der Waals surface area contributed by atoms with Crippen molar-refractivity contribution in [2.75, 3.05) is 13.2 Å². The molecule has 0 saturated carbocycles. The minimum absolute atomic E-state index is 0.0696. The Kier molecular flexibility index (Phi) is 5.11. The average Bonchev–Trinajstić information content (AvgIpc) is 2.78. The number of hydrogen-bond acceptors (Lipinski definition) is 3. The lowest BCUT2D eigenvalue weighted by atomic mass is 10.1. The smallest absolute Gasteiger partial charge is 0.254 e. The summed E-state index contributed by atoms with van der Waals surface area (Å²) in [4.78, 5) is 12.1. The maximum atomic E-state index is 13.8. The van der Waals surface area contributed by atoms with Crippen LogP contribution >= 0.6 is 23.2 Å². The lowest BCUT2D eigenvalue weighted by Gasteiger charge is -2.12. The maximum Gasteiger partial charge on any atom is 0.254 e. The van der Waals surface area contributed by atoms with Gasteiger partial charge in [0.2, 0.25) is 0 Å². The fourth-order valence-corrected chi connectivity index (χ4v) is 2.78. The summed E-state index contributed by atoms with van der Waals surface area (Å²) in [7, 11) is 0. The topological polar surface area (TPSA) is 47.6 Å². The van der Waals surface area contributed by atoms with Crippen LogP contribution in [0.4, 0.5) is 4.39 Å². The summed E-state index contributed by atoms with van der Waals surface area (Å²) in [6, 6.07) is 7.34. The largest absolute Gasteiger partial charge is 0.489 e. The van der Waals surface area contributed by atoms with E-state index in [0.717, 1.165) is 18.1 Å². The van der Waals surface area contributed by atoms with Gasteiger partial charge in [0, 0.05) is 18.0 Å². The first-order valence-electron chi connectivity index (χ1n) is 7.36. The van der Waals surface area contributed by atoms with Crippen molar-refractivity contribution >= 4 is 29.1 Å². The molecule has 0 spiro atoms. The van der Waals surface area contributed by atoms with Crippen LogP contribution < -0.4 is 14.8 Å². The molecule has 1 aliphatic rings. The Labute approximate surface area is 148 Å². The van der Waals surface area contributed by atoms with Crippen LogP contribution in [0.3, 0.4) is 0 Å². The number of carbonyl (C=O) groups excluding carboxylic acids is 1. The highest BCUT2D eigenvalue weighted by Gasteiger charge is 2.17. The van der Waals surface area contributed by atoms with E-state index in [9.17, 15) is 9.18 Å². The Morgan fingerprint density at radius 2 is 1.96 bits per heavy atom. The van der Waals surface area contributed by atoms with Crippen LogP contribution in [0.2, 0.25) is 10.0 Å². The Morgan fingerprint density at radius 1 is 1.17 bits per heavy atom. The monoisotopic (exact) mass is 369 g/mol. The molecule has 2 aromatic carbocycles. The van der Waals surface area contributed by atoms with Gasteiger partial charge in [-0.3, -0.25) is 4.79 Å². The van der Waals surface area contributed by atoms with Crippen LogP contribution in [0.25, 0.3) is 0 Å². The number of hydrogen-bond donors (Lipinski definition) is 1. The average molecular weight is 370 g/mol. The van der Waals surface area contributed by atoms with Gasteiger partial charge in [-0.15, -0.1) is 0 Å². The summed E-state index contributed by atoms with van der Waals surface area (Å²) in [5, 5.41) is 3.30. The zero-order chi connectivity index (χ0) is 17.1. The summed E-state index contributed by atoms with van der Waals surface area (Å²) in [6.07, 6.45) is 0.771. The standard InChI is InChI=1S/C17H14Cl2FNO3/c18-11-2-3-12(14(20)8-11)17(22)21-9-10-6-13(19)16-15(7-10)23-4-1-5-24-16/h2-3,6-8H,1,4-5,9H2,(H,21,22). The zero-order valence-electron chi connectivity index (χ0n) is 12.6. The van der Waals surface area contributed by atoms with E-state index in [4.69, 9.17) is 32.7 Å². The second kappa shape index (κ2) is 7.28. The van der Waals surface area contributed by atoms with Gasteiger partial charge in [-0.05, 0) is 35.9 Å². The first kappa shape index (κ1) is 16.9. The summed E-state index contributed by atoms with van der Waals surface area (Å²) >= 11 is 11.9. The number of halogens is 3. The van der Waals surface area contributed by atoms with Crippen molar-refractivity contribution in [2.45, 2.75) is 13.0 Å². The number of carbonyl (C=O) groups is 1. The molecule has 1 heterocycles. The molecular weight excluding hydrogens is 356 g/mol. The van der Waals surface area contributed by atoms with Crippen LogP contribution in [0, 0.1) is 5.82 Å². The molecular formula is C17H14Cl2FNO3. The third-order valence-electron chi connectivity index (χ3n) is 3.49. The zero-order valence-corrected chi connectivity index (χ0v) is 14.1. The number of nitrogens with one attached hydrogen (secondary N) is 1. The summed E-state index contributed by atoms with van der Waals surface area (Å²) in [5.74, 6) is -0.154. The molecule has 3 rings (SSSR count). The molecule has 1 N–H and O–H groups in total. The van der Waals surface area contributed by atoms with Crippen molar-refractivity contribution < 1.29 is 18.7 Å². The first-order valence-corrected chi connectivity index (χ1v) is 8.11. The molecule has 0 bridgehead atoms.